The van der Waals surface area contributed by atoms with Crippen LogP contribution in [0.1, 0.15) is 30.3 Å². The summed E-state index contributed by atoms with van der Waals surface area (Å²) in [5, 5.41) is 1.09. The molecule has 0 spiro atoms. The highest BCUT2D eigenvalue weighted by Gasteiger charge is 2.31. The van der Waals surface area contributed by atoms with Gasteiger partial charge in [0.15, 0.2) is 0 Å². The smallest absolute Gasteiger partial charge is 0.247 e. The summed E-state index contributed by atoms with van der Waals surface area (Å²) in [5.41, 5.74) is 2.71. The predicted molar refractivity (Wildman–Crippen MR) is 105 cm³/mol. The number of carbonyl (C=O) groups excluding carboxylic acids is 1. The zero-order valence-electron chi connectivity index (χ0n) is 14.0. The third-order valence-electron chi connectivity index (χ3n) is 4.56. The number of fused-ring (bicyclic) bond motifs is 1. The van der Waals surface area contributed by atoms with Crippen LogP contribution in [0.5, 0.6) is 0 Å². The molecule has 3 aromatic rings. The molecule has 1 fully saturated rings. The minimum absolute atomic E-state index is 0.0255. The lowest BCUT2D eigenvalue weighted by atomic mass is 10.2. The Labute approximate surface area is 161 Å². The molecule has 0 bridgehead atoms. The fourth-order valence-corrected chi connectivity index (χ4v) is 3.92. The highest BCUT2D eigenvalue weighted by molar-refractivity contribution is 6.34. The average molecular weight is 386 g/mol. The van der Waals surface area contributed by atoms with Crippen molar-refractivity contribution in [2.24, 2.45) is 0 Å². The Balaban J connectivity index is 1.55. The molecular weight excluding hydrogens is 369 g/mol. The van der Waals surface area contributed by atoms with Gasteiger partial charge in [-0.25, -0.2) is 4.98 Å². The number of imidazole rings is 1. The molecule has 1 amide bonds. The third kappa shape index (κ3) is 3.48. The Morgan fingerprint density at radius 3 is 2.73 bits per heavy atom. The van der Waals surface area contributed by atoms with Gasteiger partial charge in [0.2, 0.25) is 5.91 Å². The van der Waals surface area contributed by atoms with Crippen molar-refractivity contribution in [2.45, 2.75) is 18.9 Å². The minimum Gasteiger partial charge on any atom is -0.340 e. The quantitative estimate of drug-likeness (QED) is 0.626. The second kappa shape index (κ2) is 7.14. The number of rotatable bonds is 3. The topological polar surface area (TPSA) is 49.0 Å². The van der Waals surface area contributed by atoms with Gasteiger partial charge in [0.1, 0.15) is 5.82 Å². The molecule has 132 valence electrons. The monoisotopic (exact) mass is 385 g/mol. The molecule has 0 saturated carbocycles. The van der Waals surface area contributed by atoms with Crippen LogP contribution in [0.25, 0.3) is 17.1 Å². The van der Waals surface area contributed by atoms with E-state index in [9.17, 15) is 4.79 Å². The summed E-state index contributed by atoms with van der Waals surface area (Å²) in [6.45, 7) is 0.723. The van der Waals surface area contributed by atoms with Gasteiger partial charge in [-0.2, -0.15) is 0 Å². The van der Waals surface area contributed by atoms with Crippen molar-refractivity contribution in [2.75, 3.05) is 6.54 Å². The van der Waals surface area contributed by atoms with E-state index in [1.54, 1.807) is 30.4 Å². The van der Waals surface area contributed by atoms with Gasteiger partial charge in [0.05, 0.1) is 17.1 Å². The number of hydrogen-bond donors (Lipinski definition) is 1. The van der Waals surface area contributed by atoms with Crippen LogP contribution < -0.4 is 0 Å². The van der Waals surface area contributed by atoms with E-state index in [1.165, 1.54) is 0 Å². The van der Waals surface area contributed by atoms with Gasteiger partial charge in [0.25, 0.3) is 0 Å². The van der Waals surface area contributed by atoms with E-state index in [4.69, 9.17) is 23.2 Å². The molecule has 4 nitrogen and oxygen atoms in total. The summed E-state index contributed by atoms with van der Waals surface area (Å²) in [5.74, 6) is 0.806. The van der Waals surface area contributed by atoms with Crippen molar-refractivity contribution in [3.63, 3.8) is 0 Å². The Kier molecular flexibility index (Phi) is 4.70. The summed E-state index contributed by atoms with van der Waals surface area (Å²) >= 11 is 12.0. The number of likely N-dealkylation sites (tertiary alicyclic amines) is 1. The standard InChI is InChI=1S/C20H17Cl2N3O/c21-14-10-13(11-15(22)12-14)7-8-19(26)25-9-3-6-18(25)20-23-16-4-1-2-5-17(16)24-20/h1-2,4-5,7-8,10-12,18H,3,6,9H2,(H,23,24). The van der Waals surface area contributed by atoms with Crippen molar-refractivity contribution >= 4 is 46.2 Å². The van der Waals surface area contributed by atoms with Crippen LogP contribution in [-0.2, 0) is 4.79 Å². The molecule has 1 aromatic heterocycles. The van der Waals surface area contributed by atoms with E-state index in [2.05, 4.69) is 9.97 Å². The van der Waals surface area contributed by atoms with Crippen LogP contribution in [0, 0.1) is 0 Å². The van der Waals surface area contributed by atoms with Crippen LogP contribution >= 0.6 is 23.2 Å². The first-order valence-corrected chi connectivity index (χ1v) is 9.25. The van der Waals surface area contributed by atoms with Crippen molar-refractivity contribution in [1.82, 2.24) is 14.9 Å². The van der Waals surface area contributed by atoms with Crippen LogP contribution in [0.3, 0.4) is 0 Å². The molecule has 26 heavy (non-hydrogen) atoms. The first kappa shape index (κ1) is 17.1. The molecule has 1 saturated heterocycles. The van der Waals surface area contributed by atoms with Crippen LogP contribution in [0.15, 0.2) is 48.5 Å². The number of aromatic amines is 1. The lowest BCUT2D eigenvalue weighted by molar-refractivity contribution is -0.126. The number of halogens is 2. The molecule has 0 radical (unpaired) electrons. The normalized spacial score (nSPS) is 17.5. The molecule has 4 rings (SSSR count). The maximum absolute atomic E-state index is 12.7. The second-order valence-electron chi connectivity index (χ2n) is 6.36. The average Bonchev–Trinajstić information content (AvgIpc) is 3.25. The van der Waals surface area contributed by atoms with Crippen LogP contribution in [0.2, 0.25) is 10.0 Å². The fourth-order valence-electron chi connectivity index (χ4n) is 3.38. The van der Waals surface area contributed by atoms with E-state index >= 15 is 0 Å². The van der Waals surface area contributed by atoms with Gasteiger partial charge in [-0.05, 0) is 54.8 Å². The molecule has 1 aliphatic heterocycles. The van der Waals surface area contributed by atoms with E-state index < -0.39 is 0 Å². The maximum Gasteiger partial charge on any atom is 0.247 e. The van der Waals surface area contributed by atoms with E-state index in [0.717, 1.165) is 41.8 Å². The Bertz CT molecular complexity index is 942. The summed E-state index contributed by atoms with van der Waals surface area (Å²) in [6.07, 6.45) is 5.18. The lowest BCUT2D eigenvalue weighted by Crippen LogP contribution is -2.29. The lowest BCUT2D eigenvalue weighted by Gasteiger charge is -2.21. The van der Waals surface area contributed by atoms with E-state index in [1.807, 2.05) is 29.2 Å². The van der Waals surface area contributed by atoms with Gasteiger partial charge in [-0.1, -0.05) is 35.3 Å². The molecule has 1 atom stereocenters. The third-order valence-corrected chi connectivity index (χ3v) is 5.00. The number of nitrogens with one attached hydrogen (secondary N) is 1. The highest BCUT2D eigenvalue weighted by atomic mass is 35.5. The van der Waals surface area contributed by atoms with Crippen LogP contribution in [0.4, 0.5) is 0 Å². The number of aromatic nitrogens is 2. The Morgan fingerprint density at radius 1 is 1.19 bits per heavy atom. The van der Waals surface area contributed by atoms with Crippen molar-refractivity contribution in [3.05, 3.63) is 70.0 Å². The number of benzene rings is 2. The van der Waals surface area contributed by atoms with Crippen molar-refractivity contribution < 1.29 is 4.79 Å². The maximum atomic E-state index is 12.7. The summed E-state index contributed by atoms with van der Waals surface area (Å²) in [6, 6.07) is 13.1. The first-order chi connectivity index (χ1) is 12.6. The van der Waals surface area contributed by atoms with Crippen molar-refractivity contribution in [1.29, 1.82) is 0 Å². The fraction of sp³-hybridized carbons (Fsp3) is 0.200. The number of carbonyl (C=O) groups is 1. The summed E-state index contributed by atoms with van der Waals surface area (Å²) < 4.78 is 0. The Morgan fingerprint density at radius 2 is 1.96 bits per heavy atom. The molecule has 2 aromatic carbocycles. The van der Waals surface area contributed by atoms with Gasteiger partial charge < -0.3 is 9.88 Å². The molecule has 1 unspecified atom stereocenters. The highest BCUT2D eigenvalue weighted by Crippen LogP contribution is 2.31. The van der Waals surface area contributed by atoms with E-state index in [0.29, 0.717) is 10.0 Å². The minimum atomic E-state index is -0.0379. The number of nitrogens with zero attached hydrogens (tertiary/aromatic N) is 2. The van der Waals surface area contributed by atoms with Gasteiger partial charge >= 0.3 is 0 Å². The molecule has 0 aliphatic carbocycles. The first-order valence-electron chi connectivity index (χ1n) is 8.49. The van der Waals surface area contributed by atoms with Gasteiger partial charge in [0, 0.05) is 22.7 Å². The number of para-hydroxylation sites is 2. The molecule has 1 N–H and O–H groups in total. The summed E-state index contributed by atoms with van der Waals surface area (Å²) in [4.78, 5) is 22.6. The largest absolute Gasteiger partial charge is 0.340 e. The number of H-pyrrole nitrogens is 1. The van der Waals surface area contributed by atoms with Crippen molar-refractivity contribution in [3.8, 4) is 0 Å². The molecule has 6 heteroatoms. The predicted octanol–water partition coefficient (Wildman–Crippen LogP) is 5.25. The SMILES string of the molecule is O=C(C=Cc1cc(Cl)cc(Cl)c1)N1CCCC1c1nc2ccccc2[nH]1. The second-order valence-corrected chi connectivity index (χ2v) is 7.24. The number of amides is 1. The van der Waals surface area contributed by atoms with Crippen LogP contribution in [-0.4, -0.2) is 27.3 Å². The van der Waals surface area contributed by atoms with Gasteiger partial charge in [-0.3, -0.25) is 4.79 Å². The van der Waals surface area contributed by atoms with Gasteiger partial charge in [-0.15, -0.1) is 0 Å². The van der Waals surface area contributed by atoms with E-state index in [-0.39, 0.29) is 11.9 Å². The molecule has 2 heterocycles. The zero-order valence-corrected chi connectivity index (χ0v) is 15.5. The zero-order chi connectivity index (χ0) is 18.1. The Hall–Kier alpha value is -2.30. The molecule has 1 aliphatic rings. The molecular formula is C20H17Cl2N3O. The summed E-state index contributed by atoms with van der Waals surface area (Å²) in [7, 11) is 0. The number of hydrogen-bond acceptors (Lipinski definition) is 2.